The fourth-order valence-corrected chi connectivity index (χ4v) is 6.74. The average Bonchev–Trinajstić information content (AvgIpc) is 3.37. The number of hydrogen-bond acceptors (Lipinski definition) is 1. The van der Waals surface area contributed by atoms with Crippen molar-refractivity contribution in [2.24, 2.45) is 13.0 Å². The zero-order valence-corrected chi connectivity index (χ0v) is 20.2. The number of aryl methyl sites for hydroxylation is 3. The van der Waals surface area contributed by atoms with Gasteiger partial charge in [0.05, 0.1) is 10.9 Å². The van der Waals surface area contributed by atoms with Crippen LogP contribution in [0.2, 0.25) is 0 Å². The molecule has 1 aliphatic heterocycles. The molecule has 2 aliphatic rings. The molecule has 2 heterocycles. The Morgan fingerprint density at radius 2 is 1.62 bits per heavy atom. The molecule has 0 N–H and O–H groups in total. The quantitative estimate of drug-likeness (QED) is 0.194. The Hall–Kier alpha value is -3.39. The maximum Gasteiger partial charge on any atom is 0.228 e. The average molecular weight is 445 g/mol. The maximum atomic E-state index is 6.79. The first-order valence-corrected chi connectivity index (χ1v) is 12.7. The van der Waals surface area contributed by atoms with E-state index in [1.807, 2.05) is 0 Å². The zero-order chi connectivity index (χ0) is 23.0. The molecule has 7 rings (SSSR count). The van der Waals surface area contributed by atoms with Crippen LogP contribution in [0.1, 0.15) is 42.4 Å². The number of rotatable bonds is 2. The van der Waals surface area contributed by atoms with Crippen molar-refractivity contribution in [3.05, 3.63) is 77.5 Å². The van der Waals surface area contributed by atoms with Crippen molar-refractivity contribution in [2.45, 2.75) is 46.0 Å². The summed E-state index contributed by atoms with van der Waals surface area (Å²) in [5, 5.41) is 7.86. The molecule has 0 radical (unpaired) electrons. The monoisotopic (exact) mass is 444 g/mol. The van der Waals surface area contributed by atoms with Crippen LogP contribution in [-0.2, 0) is 13.5 Å². The highest BCUT2D eigenvalue weighted by Crippen LogP contribution is 2.52. The van der Waals surface area contributed by atoms with Gasteiger partial charge in [0.25, 0.3) is 0 Å². The summed E-state index contributed by atoms with van der Waals surface area (Å²) < 4.78 is 9.08. The summed E-state index contributed by atoms with van der Waals surface area (Å²) in [7, 11) is 2.17. The molecule has 1 saturated carbocycles. The molecule has 2 heteroatoms. The first-order chi connectivity index (χ1) is 16.6. The molecular formula is C32H30NO+. The number of hydrogen-bond donors (Lipinski definition) is 0. The van der Waals surface area contributed by atoms with Crippen molar-refractivity contribution in [2.75, 3.05) is 0 Å². The molecule has 34 heavy (non-hydrogen) atoms. The lowest BCUT2D eigenvalue weighted by Gasteiger charge is -2.25. The number of pyridine rings is 1. The minimum Gasteiger partial charge on any atom is -0.455 e. The van der Waals surface area contributed by atoms with Crippen molar-refractivity contribution in [3.63, 3.8) is 0 Å². The summed E-state index contributed by atoms with van der Waals surface area (Å²) in [5.74, 6) is 2.81. The normalized spacial score (nSPS) is 15.3. The molecule has 0 atom stereocenters. The number of aromatic nitrogens is 1. The molecule has 5 aromatic rings. The molecule has 0 amide bonds. The third-order valence-corrected chi connectivity index (χ3v) is 8.42. The summed E-state index contributed by atoms with van der Waals surface area (Å²) in [6, 6.07) is 20.2. The van der Waals surface area contributed by atoms with E-state index in [0.717, 1.165) is 17.4 Å². The van der Waals surface area contributed by atoms with Gasteiger partial charge in [0, 0.05) is 17.0 Å². The molecular weight excluding hydrogens is 414 g/mol. The van der Waals surface area contributed by atoms with Gasteiger partial charge in [0.15, 0.2) is 6.20 Å². The van der Waals surface area contributed by atoms with Gasteiger partial charge in [0.2, 0.25) is 5.69 Å². The lowest BCUT2D eigenvalue weighted by molar-refractivity contribution is -0.659. The number of ether oxygens (including phenoxy) is 1. The molecule has 0 spiro atoms. The molecule has 0 saturated heterocycles. The minimum atomic E-state index is 0.820. The second-order valence-electron chi connectivity index (χ2n) is 10.4. The van der Waals surface area contributed by atoms with Gasteiger partial charge in [-0.1, -0.05) is 68.1 Å². The highest BCUT2D eigenvalue weighted by atomic mass is 16.5. The largest absolute Gasteiger partial charge is 0.455 e. The number of benzene rings is 4. The van der Waals surface area contributed by atoms with Crippen molar-refractivity contribution < 1.29 is 9.30 Å². The van der Waals surface area contributed by atoms with Crippen LogP contribution in [-0.4, -0.2) is 0 Å². The lowest BCUT2D eigenvalue weighted by Crippen LogP contribution is -2.32. The van der Waals surface area contributed by atoms with E-state index in [-0.39, 0.29) is 0 Å². The third kappa shape index (κ3) is 2.72. The Balaban J connectivity index is 1.59. The van der Waals surface area contributed by atoms with Crippen LogP contribution < -0.4 is 9.30 Å². The van der Waals surface area contributed by atoms with E-state index in [9.17, 15) is 0 Å². The van der Waals surface area contributed by atoms with Gasteiger partial charge in [-0.25, -0.2) is 4.57 Å². The van der Waals surface area contributed by atoms with Gasteiger partial charge in [-0.05, 0) is 64.9 Å². The Morgan fingerprint density at radius 1 is 0.853 bits per heavy atom. The van der Waals surface area contributed by atoms with E-state index in [1.165, 1.54) is 92.4 Å². The molecule has 2 nitrogen and oxygen atoms in total. The fraction of sp³-hybridized carbons (Fsp3) is 0.281. The Bertz CT molecular complexity index is 1640. The topological polar surface area (TPSA) is 13.1 Å². The van der Waals surface area contributed by atoms with Crippen molar-refractivity contribution in [1.82, 2.24) is 0 Å². The Kier molecular flexibility index (Phi) is 4.30. The second-order valence-corrected chi connectivity index (χ2v) is 10.4. The van der Waals surface area contributed by atoms with Gasteiger partial charge in [-0.15, -0.1) is 0 Å². The minimum absolute atomic E-state index is 0.820. The third-order valence-electron chi connectivity index (χ3n) is 8.42. The van der Waals surface area contributed by atoms with E-state index in [4.69, 9.17) is 4.74 Å². The molecule has 4 aromatic carbocycles. The summed E-state index contributed by atoms with van der Waals surface area (Å²) in [6.45, 7) is 4.45. The SMILES string of the molecule is Cc1c2c(c(C)c3ccccc13)-c1c3c(cc4cccc(CC5CCCC5)c4c3cc[n+]1C)O2. The first kappa shape index (κ1) is 20.0. The van der Waals surface area contributed by atoms with Crippen LogP contribution in [0.4, 0.5) is 0 Å². The van der Waals surface area contributed by atoms with E-state index in [2.05, 4.69) is 86.3 Å². The number of fused-ring (bicyclic) bond motifs is 5. The smallest absolute Gasteiger partial charge is 0.228 e. The van der Waals surface area contributed by atoms with Crippen LogP contribution in [0.3, 0.4) is 0 Å². The zero-order valence-electron chi connectivity index (χ0n) is 20.2. The van der Waals surface area contributed by atoms with E-state index in [0.29, 0.717) is 0 Å². The van der Waals surface area contributed by atoms with Gasteiger partial charge in [-0.2, -0.15) is 0 Å². The van der Waals surface area contributed by atoms with Crippen molar-refractivity contribution >= 4 is 32.3 Å². The summed E-state index contributed by atoms with van der Waals surface area (Å²) in [4.78, 5) is 0. The van der Waals surface area contributed by atoms with E-state index < -0.39 is 0 Å². The summed E-state index contributed by atoms with van der Waals surface area (Å²) in [6.07, 6.45) is 8.94. The molecule has 0 unspecified atom stereocenters. The van der Waals surface area contributed by atoms with Crippen LogP contribution >= 0.6 is 0 Å². The van der Waals surface area contributed by atoms with Gasteiger partial charge < -0.3 is 4.74 Å². The van der Waals surface area contributed by atoms with Crippen LogP contribution in [0.15, 0.2) is 60.8 Å². The Morgan fingerprint density at radius 3 is 2.41 bits per heavy atom. The molecule has 0 bridgehead atoms. The predicted octanol–water partition coefficient (Wildman–Crippen LogP) is 8.09. The standard InChI is InChI=1S/C32H30NO/c1-19-24-13-6-7-14-25(24)20(2)32-28(19)31-30-26(15-16-33(31)3)29-22(17-21-9-4-5-10-21)11-8-12-23(29)18-27(30)34-32/h6-8,11-16,18,21H,4-5,9-10,17H2,1-3H3/q+1. The first-order valence-electron chi connectivity index (χ1n) is 12.7. The molecule has 1 aliphatic carbocycles. The molecule has 1 fully saturated rings. The highest BCUT2D eigenvalue weighted by molar-refractivity contribution is 6.17. The predicted molar refractivity (Wildman–Crippen MR) is 141 cm³/mol. The lowest BCUT2D eigenvalue weighted by atomic mass is 9.86. The van der Waals surface area contributed by atoms with Crippen molar-refractivity contribution in [1.29, 1.82) is 0 Å². The van der Waals surface area contributed by atoms with Crippen LogP contribution in [0, 0.1) is 19.8 Å². The van der Waals surface area contributed by atoms with E-state index in [1.54, 1.807) is 0 Å². The summed E-state index contributed by atoms with van der Waals surface area (Å²) in [5.41, 5.74) is 6.52. The van der Waals surface area contributed by atoms with E-state index >= 15 is 0 Å². The second kappa shape index (κ2) is 7.30. The van der Waals surface area contributed by atoms with Gasteiger partial charge in [-0.3, -0.25) is 0 Å². The maximum absolute atomic E-state index is 6.79. The Labute approximate surface area is 200 Å². The van der Waals surface area contributed by atoms with Crippen LogP contribution in [0.5, 0.6) is 11.5 Å². The van der Waals surface area contributed by atoms with Gasteiger partial charge in [0.1, 0.15) is 18.5 Å². The molecule has 168 valence electrons. The molecule has 1 aromatic heterocycles. The van der Waals surface area contributed by atoms with Gasteiger partial charge >= 0.3 is 0 Å². The van der Waals surface area contributed by atoms with Crippen molar-refractivity contribution in [3.8, 4) is 22.8 Å². The number of nitrogens with zero attached hydrogens (tertiary/aromatic N) is 1. The van der Waals surface area contributed by atoms with Crippen LogP contribution in [0.25, 0.3) is 43.6 Å². The highest BCUT2D eigenvalue weighted by Gasteiger charge is 2.33. The fourth-order valence-electron chi connectivity index (χ4n) is 6.74. The summed E-state index contributed by atoms with van der Waals surface area (Å²) >= 11 is 0.